The average Bonchev–Trinajstić information content (AvgIpc) is 3.69. The van der Waals surface area contributed by atoms with E-state index in [0.717, 1.165) is 44.5 Å². The van der Waals surface area contributed by atoms with Crippen LogP contribution in [0, 0.1) is 6.57 Å². The van der Waals surface area contributed by atoms with E-state index in [2.05, 4.69) is 102 Å². The Morgan fingerprint density at radius 1 is 0.500 bits per heavy atom. The molecule has 254 valence electrons. The zero-order valence-electron chi connectivity index (χ0n) is 29.8. The van der Waals surface area contributed by atoms with Gasteiger partial charge in [-0.25, -0.2) is 19.8 Å². The van der Waals surface area contributed by atoms with Crippen molar-refractivity contribution in [3.63, 3.8) is 0 Å². The Morgan fingerprint density at radius 2 is 1.07 bits per heavy atom. The quantitative estimate of drug-likeness (QED) is 0.169. The summed E-state index contributed by atoms with van der Waals surface area (Å²) in [6.07, 6.45) is 0. The second-order valence-corrected chi connectivity index (χ2v) is 14.3. The van der Waals surface area contributed by atoms with Gasteiger partial charge in [-0.1, -0.05) is 147 Å². The lowest BCUT2D eigenvalue weighted by atomic mass is 9.82. The van der Waals surface area contributed by atoms with Gasteiger partial charge >= 0.3 is 0 Å². The molecule has 0 amide bonds. The number of nitrogens with zero attached hydrogens (tertiary/aromatic N) is 5. The number of fused-ring (bicyclic) bond motifs is 7. The third kappa shape index (κ3) is 4.88. The van der Waals surface area contributed by atoms with Gasteiger partial charge in [0, 0.05) is 38.6 Å². The molecule has 0 unspecified atom stereocenters. The first kappa shape index (κ1) is 31.6. The van der Waals surface area contributed by atoms with Gasteiger partial charge < -0.3 is 4.57 Å². The molecular formula is C49H33N5. The summed E-state index contributed by atoms with van der Waals surface area (Å²) < 4.78 is 2.36. The maximum atomic E-state index is 8.06. The van der Waals surface area contributed by atoms with Crippen molar-refractivity contribution in [3.8, 4) is 62.1 Å². The van der Waals surface area contributed by atoms with Gasteiger partial charge in [-0.3, -0.25) is 0 Å². The van der Waals surface area contributed by atoms with Crippen LogP contribution in [-0.2, 0) is 5.41 Å². The molecule has 9 aromatic rings. The molecule has 0 saturated heterocycles. The van der Waals surface area contributed by atoms with E-state index in [1.807, 2.05) is 84.9 Å². The summed E-state index contributed by atoms with van der Waals surface area (Å²) in [4.78, 5) is 19.1. The van der Waals surface area contributed by atoms with E-state index in [4.69, 9.17) is 21.5 Å². The molecule has 2 aromatic heterocycles. The Kier molecular flexibility index (Phi) is 7.14. The highest BCUT2D eigenvalue weighted by Crippen LogP contribution is 2.53. The van der Waals surface area contributed by atoms with Crippen LogP contribution >= 0.6 is 0 Å². The monoisotopic (exact) mass is 691 g/mol. The SMILES string of the molecule is [C-]#[N+]c1ccccc1-c1cc(-c2nc(-c3ccccc3)nc(-c3ccccc3)n2)cc(-n2c3ccccc3c3c4c(ccc32)C(C)(C)c2ccccc2-4)c1. The molecule has 7 aromatic carbocycles. The molecule has 1 aliphatic rings. The number of benzene rings is 7. The molecule has 2 heterocycles. The van der Waals surface area contributed by atoms with Gasteiger partial charge in [0.05, 0.1) is 17.6 Å². The fourth-order valence-corrected chi connectivity index (χ4v) is 8.31. The normalized spacial score (nSPS) is 12.8. The highest BCUT2D eigenvalue weighted by atomic mass is 15.0. The molecule has 1 aliphatic carbocycles. The Hall–Kier alpha value is -7.16. The van der Waals surface area contributed by atoms with Crippen LogP contribution in [0.4, 0.5) is 5.69 Å². The predicted octanol–water partition coefficient (Wildman–Crippen LogP) is 12.5. The summed E-state index contributed by atoms with van der Waals surface area (Å²) in [6, 6.07) is 56.5. The molecule has 10 rings (SSSR count). The van der Waals surface area contributed by atoms with Crippen LogP contribution in [0.25, 0.3) is 88.8 Å². The van der Waals surface area contributed by atoms with E-state index in [1.165, 1.54) is 33.0 Å². The van der Waals surface area contributed by atoms with Crippen LogP contribution in [0.15, 0.2) is 164 Å². The zero-order valence-corrected chi connectivity index (χ0v) is 29.8. The van der Waals surface area contributed by atoms with E-state index in [-0.39, 0.29) is 5.41 Å². The van der Waals surface area contributed by atoms with Crippen LogP contribution in [0.1, 0.15) is 25.0 Å². The lowest BCUT2D eigenvalue weighted by Crippen LogP contribution is -2.14. The molecule has 5 nitrogen and oxygen atoms in total. The highest BCUT2D eigenvalue weighted by Gasteiger charge is 2.37. The van der Waals surface area contributed by atoms with Crippen molar-refractivity contribution in [1.82, 2.24) is 19.5 Å². The number of para-hydroxylation sites is 2. The number of hydrogen-bond acceptors (Lipinski definition) is 3. The highest BCUT2D eigenvalue weighted by molar-refractivity contribution is 6.18. The Bertz CT molecular complexity index is 2910. The van der Waals surface area contributed by atoms with E-state index in [0.29, 0.717) is 23.2 Å². The average molecular weight is 692 g/mol. The van der Waals surface area contributed by atoms with Crippen LogP contribution in [0.2, 0.25) is 0 Å². The van der Waals surface area contributed by atoms with E-state index >= 15 is 0 Å². The van der Waals surface area contributed by atoms with Gasteiger partial charge in [0.15, 0.2) is 23.2 Å². The van der Waals surface area contributed by atoms with Crippen molar-refractivity contribution in [3.05, 3.63) is 186 Å². The molecule has 5 heteroatoms. The van der Waals surface area contributed by atoms with Gasteiger partial charge in [-0.15, -0.1) is 0 Å². The number of aromatic nitrogens is 4. The van der Waals surface area contributed by atoms with Crippen molar-refractivity contribution >= 4 is 27.5 Å². The molecule has 0 atom stereocenters. The minimum atomic E-state index is -0.120. The summed E-state index contributed by atoms with van der Waals surface area (Å²) in [5, 5.41) is 2.44. The fraction of sp³-hybridized carbons (Fsp3) is 0.0612. The summed E-state index contributed by atoms with van der Waals surface area (Å²) in [5.74, 6) is 1.76. The van der Waals surface area contributed by atoms with E-state index in [1.54, 1.807) is 0 Å². The summed E-state index contributed by atoms with van der Waals surface area (Å²) in [5.41, 5.74) is 13.4. The lowest BCUT2D eigenvalue weighted by molar-refractivity contribution is 0.661. The first-order valence-corrected chi connectivity index (χ1v) is 18.2. The van der Waals surface area contributed by atoms with E-state index in [9.17, 15) is 0 Å². The molecule has 0 fully saturated rings. The molecule has 0 N–H and O–H groups in total. The van der Waals surface area contributed by atoms with Crippen molar-refractivity contribution in [2.24, 2.45) is 0 Å². The number of rotatable bonds is 5. The summed E-state index contributed by atoms with van der Waals surface area (Å²) in [7, 11) is 0. The first-order chi connectivity index (χ1) is 26.5. The molecule has 0 aliphatic heterocycles. The van der Waals surface area contributed by atoms with Gasteiger partial charge in [0.2, 0.25) is 0 Å². The minimum Gasteiger partial charge on any atom is -0.309 e. The third-order valence-electron chi connectivity index (χ3n) is 10.9. The molecular weight excluding hydrogens is 659 g/mol. The van der Waals surface area contributed by atoms with Gasteiger partial charge in [-0.05, 0) is 63.7 Å². The largest absolute Gasteiger partial charge is 0.309 e. The van der Waals surface area contributed by atoms with Gasteiger partial charge in [-0.2, -0.15) is 0 Å². The Balaban J connectivity index is 1.29. The fourth-order valence-electron chi connectivity index (χ4n) is 8.31. The van der Waals surface area contributed by atoms with Crippen LogP contribution in [-0.4, -0.2) is 19.5 Å². The lowest BCUT2D eigenvalue weighted by Gasteiger charge is -2.21. The maximum Gasteiger partial charge on any atom is 0.194 e. The smallest absolute Gasteiger partial charge is 0.194 e. The minimum absolute atomic E-state index is 0.120. The predicted molar refractivity (Wildman–Crippen MR) is 220 cm³/mol. The third-order valence-corrected chi connectivity index (χ3v) is 10.9. The van der Waals surface area contributed by atoms with Crippen molar-refractivity contribution in [2.75, 3.05) is 0 Å². The standard InChI is InChI=1S/C49H33N5/c1-49(2)39-23-13-10-21-37(39)44-40(49)26-27-43-45(44)38-22-12-15-25-42(38)54(43)35-29-33(36-20-11-14-24-41(36)50-3)28-34(30-35)48-52-46(31-16-6-4-7-17-31)51-47(53-48)32-18-8-5-9-19-32/h4-30H,1-2H3. The Morgan fingerprint density at radius 3 is 1.78 bits per heavy atom. The molecule has 0 saturated carbocycles. The zero-order chi connectivity index (χ0) is 36.4. The summed E-state index contributed by atoms with van der Waals surface area (Å²) in [6.45, 7) is 12.7. The van der Waals surface area contributed by atoms with E-state index < -0.39 is 0 Å². The van der Waals surface area contributed by atoms with Crippen molar-refractivity contribution < 1.29 is 0 Å². The van der Waals surface area contributed by atoms with Crippen LogP contribution in [0.3, 0.4) is 0 Å². The van der Waals surface area contributed by atoms with Gasteiger partial charge in [0.1, 0.15) is 0 Å². The number of hydrogen-bond donors (Lipinski definition) is 0. The first-order valence-electron chi connectivity index (χ1n) is 18.2. The molecule has 0 bridgehead atoms. The molecule has 0 spiro atoms. The topological polar surface area (TPSA) is 48.0 Å². The van der Waals surface area contributed by atoms with Crippen molar-refractivity contribution in [2.45, 2.75) is 19.3 Å². The second kappa shape index (κ2) is 12.2. The Labute approximate surface area is 313 Å². The van der Waals surface area contributed by atoms with Crippen molar-refractivity contribution in [1.29, 1.82) is 0 Å². The molecule has 0 radical (unpaired) electrons. The summed E-state index contributed by atoms with van der Waals surface area (Å²) >= 11 is 0. The van der Waals surface area contributed by atoms with Crippen LogP contribution in [0.5, 0.6) is 0 Å². The van der Waals surface area contributed by atoms with Gasteiger partial charge in [0.25, 0.3) is 0 Å². The van der Waals surface area contributed by atoms with Crippen LogP contribution < -0.4 is 0 Å². The second-order valence-electron chi connectivity index (χ2n) is 14.3. The maximum absolute atomic E-state index is 8.06. The molecule has 54 heavy (non-hydrogen) atoms.